The maximum atomic E-state index is 13.7. The van der Waals surface area contributed by atoms with Crippen LogP contribution in [0.3, 0.4) is 0 Å². The lowest BCUT2D eigenvalue weighted by molar-refractivity contribution is 0.0691. The van der Waals surface area contributed by atoms with Crippen molar-refractivity contribution in [3.63, 3.8) is 0 Å². The standard InChI is InChI=1S/C26H29N3O6/c1-4-19(15-27)35-20-6-7-22-21(14-20)25(30)28(26(31)29(22)18-9-11-34-12-10-18)16-17-5-8-23(32-2)24(13-17)33-3/h5-8,13-14,18-19H,4,9-12,16H2,1-3H3. The number of hydrogen-bond donors (Lipinski definition) is 0. The molecular weight excluding hydrogens is 450 g/mol. The first kappa shape index (κ1) is 24.4. The highest BCUT2D eigenvalue weighted by Gasteiger charge is 2.23. The average Bonchev–Trinajstić information content (AvgIpc) is 2.90. The number of nitriles is 1. The Kier molecular flexibility index (Phi) is 7.42. The molecule has 1 aliphatic rings. The summed E-state index contributed by atoms with van der Waals surface area (Å²) in [5.41, 5.74) is 0.482. The quantitative estimate of drug-likeness (QED) is 0.488. The molecule has 0 aliphatic carbocycles. The number of rotatable bonds is 8. The maximum absolute atomic E-state index is 13.7. The number of nitrogens with zero attached hydrogens (tertiary/aromatic N) is 3. The molecule has 2 aromatic carbocycles. The van der Waals surface area contributed by atoms with Gasteiger partial charge in [0, 0.05) is 19.3 Å². The molecule has 0 bridgehead atoms. The molecule has 9 heteroatoms. The molecule has 0 N–H and O–H groups in total. The van der Waals surface area contributed by atoms with E-state index in [1.807, 2.05) is 6.92 Å². The van der Waals surface area contributed by atoms with Crippen molar-refractivity contribution in [1.29, 1.82) is 5.26 Å². The molecule has 0 radical (unpaired) electrons. The van der Waals surface area contributed by atoms with Gasteiger partial charge in [0.1, 0.15) is 11.8 Å². The normalized spacial score (nSPS) is 14.9. The fourth-order valence-electron chi connectivity index (χ4n) is 4.40. The Balaban J connectivity index is 1.88. The van der Waals surface area contributed by atoms with Crippen molar-refractivity contribution in [3.8, 4) is 23.3 Å². The second-order valence-corrected chi connectivity index (χ2v) is 8.40. The van der Waals surface area contributed by atoms with Crippen LogP contribution < -0.4 is 25.5 Å². The molecule has 1 aliphatic heterocycles. The third kappa shape index (κ3) is 4.88. The maximum Gasteiger partial charge on any atom is 0.332 e. The number of fused-ring (bicyclic) bond motifs is 1. The minimum absolute atomic E-state index is 0.0675. The highest BCUT2D eigenvalue weighted by Crippen LogP contribution is 2.28. The minimum Gasteiger partial charge on any atom is -0.493 e. The summed E-state index contributed by atoms with van der Waals surface area (Å²) in [7, 11) is 3.08. The SMILES string of the molecule is CCC(C#N)Oc1ccc2c(c1)c(=O)n(Cc1ccc(OC)c(OC)c1)c(=O)n2C1CCOCC1. The van der Waals surface area contributed by atoms with Crippen molar-refractivity contribution in [2.45, 2.75) is 44.9 Å². The molecule has 4 rings (SSSR count). The summed E-state index contributed by atoms with van der Waals surface area (Å²) in [6, 6.07) is 12.4. The summed E-state index contributed by atoms with van der Waals surface area (Å²) in [6.07, 6.45) is 1.24. The molecule has 1 atom stereocenters. The van der Waals surface area contributed by atoms with E-state index in [4.69, 9.17) is 18.9 Å². The Labute approximate surface area is 203 Å². The van der Waals surface area contributed by atoms with Crippen molar-refractivity contribution in [3.05, 3.63) is 62.8 Å². The molecule has 1 unspecified atom stereocenters. The summed E-state index contributed by atoms with van der Waals surface area (Å²) >= 11 is 0. The summed E-state index contributed by atoms with van der Waals surface area (Å²) < 4.78 is 24.9. The van der Waals surface area contributed by atoms with E-state index in [1.54, 1.807) is 48.1 Å². The molecule has 1 aromatic heterocycles. The fourth-order valence-corrected chi connectivity index (χ4v) is 4.40. The topological polar surface area (TPSA) is 105 Å². The van der Waals surface area contributed by atoms with Gasteiger partial charge in [-0.3, -0.25) is 13.9 Å². The van der Waals surface area contributed by atoms with Crippen LogP contribution in [0.5, 0.6) is 17.2 Å². The first-order valence-corrected chi connectivity index (χ1v) is 11.6. The number of benzene rings is 2. The smallest absolute Gasteiger partial charge is 0.332 e. The van der Waals surface area contributed by atoms with Gasteiger partial charge < -0.3 is 18.9 Å². The molecule has 35 heavy (non-hydrogen) atoms. The molecule has 9 nitrogen and oxygen atoms in total. The van der Waals surface area contributed by atoms with Gasteiger partial charge in [0.25, 0.3) is 5.56 Å². The predicted octanol–water partition coefficient (Wildman–Crippen LogP) is 3.26. The second-order valence-electron chi connectivity index (χ2n) is 8.40. The Hall–Kier alpha value is -3.77. The van der Waals surface area contributed by atoms with Crippen molar-refractivity contribution >= 4 is 10.9 Å². The first-order valence-electron chi connectivity index (χ1n) is 11.6. The lowest BCUT2D eigenvalue weighted by atomic mass is 10.1. The summed E-state index contributed by atoms with van der Waals surface area (Å²) in [6.45, 7) is 3.02. The van der Waals surface area contributed by atoms with Crippen LogP contribution in [0.2, 0.25) is 0 Å². The average molecular weight is 480 g/mol. The van der Waals surface area contributed by atoms with Crippen LogP contribution in [-0.2, 0) is 11.3 Å². The third-order valence-electron chi connectivity index (χ3n) is 6.28. The molecular formula is C26H29N3O6. The molecule has 1 saturated heterocycles. The number of hydrogen-bond acceptors (Lipinski definition) is 7. The van der Waals surface area contributed by atoms with E-state index in [1.165, 1.54) is 11.7 Å². The van der Waals surface area contributed by atoms with Gasteiger partial charge in [0.2, 0.25) is 0 Å². The van der Waals surface area contributed by atoms with E-state index in [0.29, 0.717) is 60.6 Å². The number of ether oxygens (including phenoxy) is 4. The van der Waals surface area contributed by atoms with Crippen LogP contribution in [-0.4, -0.2) is 42.7 Å². The summed E-state index contributed by atoms with van der Waals surface area (Å²) in [5.74, 6) is 1.49. The van der Waals surface area contributed by atoms with Crippen LogP contribution in [0, 0.1) is 11.3 Å². The van der Waals surface area contributed by atoms with Crippen LogP contribution >= 0.6 is 0 Å². The zero-order valence-electron chi connectivity index (χ0n) is 20.2. The summed E-state index contributed by atoms with van der Waals surface area (Å²) in [4.78, 5) is 27.3. The molecule has 2 heterocycles. The molecule has 0 spiro atoms. The minimum atomic E-state index is -0.622. The van der Waals surface area contributed by atoms with Crippen molar-refractivity contribution in [2.24, 2.45) is 0 Å². The van der Waals surface area contributed by atoms with Crippen molar-refractivity contribution in [1.82, 2.24) is 9.13 Å². The fraction of sp³-hybridized carbons (Fsp3) is 0.423. The summed E-state index contributed by atoms with van der Waals surface area (Å²) in [5, 5.41) is 9.64. The van der Waals surface area contributed by atoms with Gasteiger partial charge in [0.15, 0.2) is 17.6 Å². The molecule has 1 fully saturated rings. The number of methoxy groups -OCH3 is 2. The first-order chi connectivity index (χ1) is 17.0. The Bertz CT molecular complexity index is 1360. The Morgan fingerprint density at radius 2 is 1.83 bits per heavy atom. The zero-order chi connectivity index (χ0) is 24.9. The van der Waals surface area contributed by atoms with E-state index in [0.717, 1.165) is 5.56 Å². The monoisotopic (exact) mass is 479 g/mol. The van der Waals surface area contributed by atoms with Gasteiger partial charge in [-0.1, -0.05) is 13.0 Å². The van der Waals surface area contributed by atoms with Gasteiger partial charge >= 0.3 is 5.69 Å². The third-order valence-corrected chi connectivity index (χ3v) is 6.28. The van der Waals surface area contributed by atoms with Gasteiger partial charge in [0.05, 0.1) is 31.7 Å². The van der Waals surface area contributed by atoms with E-state index in [2.05, 4.69) is 6.07 Å². The van der Waals surface area contributed by atoms with E-state index in [9.17, 15) is 14.9 Å². The lowest BCUT2D eigenvalue weighted by Crippen LogP contribution is -2.42. The van der Waals surface area contributed by atoms with Crippen LogP contribution in [0.1, 0.15) is 37.8 Å². The molecule has 3 aromatic rings. The van der Waals surface area contributed by atoms with Crippen molar-refractivity contribution in [2.75, 3.05) is 27.4 Å². The highest BCUT2D eigenvalue weighted by atomic mass is 16.5. The lowest BCUT2D eigenvalue weighted by Gasteiger charge is -2.26. The van der Waals surface area contributed by atoms with Crippen molar-refractivity contribution < 1.29 is 18.9 Å². The zero-order valence-corrected chi connectivity index (χ0v) is 20.2. The second kappa shape index (κ2) is 10.7. The van der Waals surface area contributed by atoms with Gasteiger partial charge in [-0.15, -0.1) is 0 Å². The van der Waals surface area contributed by atoms with Gasteiger partial charge in [-0.05, 0) is 55.2 Å². The van der Waals surface area contributed by atoms with Crippen LogP contribution in [0.15, 0.2) is 46.0 Å². The number of aromatic nitrogens is 2. The van der Waals surface area contributed by atoms with Crippen LogP contribution in [0.4, 0.5) is 0 Å². The predicted molar refractivity (Wildman–Crippen MR) is 131 cm³/mol. The van der Waals surface area contributed by atoms with Gasteiger partial charge in [-0.25, -0.2) is 4.79 Å². The molecule has 184 valence electrons. The van der Waals surface area contributed by atoms with E-state index >= 15 is 0 Å². The molecule has 0 amide bonds. The molecule has 0 saturated carbocycles. The largest absolute Gasteiger partial charge is 0.493 e. The van der Waals surface area contributed by atoms with Gasteiger partial charge in [-0.2, -0.15) is 5.26 Å². The Morgan fingerprint density at radius 3 is 2.49 bits per heavy atom. The van der Waals surface area contributed by atoms with Crippen LogP contribution in [0.25, 0.3) is 10.9 Å². The van der Waals surface area contributed by atoms with E-state index in [-0.39, 0.29) is 18.3 Å². The van der Waals surface area contributed by atoms with E-state index < -0.39 is 11.7 Å². The highest BCUT2D eigenvalue weighted by molar-refractivity contribution is 5.80. The Morgan fingerprint density at radius 1 is 1.09 bits per heavy atom.